The second-order valence-corrected chi connectivity index (χ2v) is 4.59. The van der Waals surface area contributed by atoms with Gasteiger partial charge in [-0.2, -0.15) is 12.6 Å². The number of thiol groups is 1. The van der Waals surface area contributed by atoms with Crippen LogP contribution in [-0.4, -0.2) is 51.8 Å². The fraction of sp³-hybridized carbons (Fsp3) is 0.875. The van der Waals surface area contributed by atoms with Crippen molar-refractivity contribution in [3.05, 3.63) is 0 Å². The van der Waals surface area contributed by atoms with Gasteiger partial charge in [0.2, 0.25) is 5.91 Å². The lowest BCUT2D eigenvalue weighted by Gasteiger charge is -2.09. The van der Waals surface area contributed by atoms with Crippen LogP contribution in [0.2, 0.25) is 0 Å². The quantitative estimate of drug-likeness (QED) is 0.361. The summed E-state index contributed by atoms with van der Waals surface area (Å²) in [5.41, 5.74) is 0. The average Bonchev–Trinajstić information content (AvgIpc) is 2.50. The molecule has 2 N–H and O–H groups in total. The molecule has 0 aliphatic heterocycles. The zero-order valence-electron chi connectivity index (χ0n) is 15.6. The van der Waals surface area contributed by atoms with Crippen molar-refractivity contribution in [2.24, 2.45) is 5.92 Å². The van der Waals surface area contributed by atoms with Crippen LogP contribution in [-0.2, 0) is 14.3 Å². The summed E-state index contributed by atoms with van der Waals surface area (Å²) in [5, 5.41) is 5.57. The van der Waals surface area contributed by atoms with Gasteiger partial charge >= 0.3 is 0 Å². The van der Waals surface area contributed by atoms with Crippen molar-refractivity contribution >= 4 is 24.8 Å². The Kier molecular flexibility index (Phi) is 43.3. The molecular weight excluding hydrogens is 300 g/mol. The van der Waals surface area contributed by atoms with E-state index in [0.29, 0.717) is 32.1 Å². The third-order valence-corrected chi connectivity index (χ3v) is 2.22. The van der Waals surface area contributed by atoms with Crippen LogP contribution >= 0.6 is 12.6 Å². The van der Waals surface area contributed by atoms with Crippen LogP contribution in [0.25, 0.3) is 0 Å². The molecule has 0 bridgehead atoms. The SMILES string of the molecule is CC.CC=O.CCC(C)CC(=O)NCCOCCS.CNC. The molecule has 0 radical (unpaired) electrons. The smallest absolute Gasteiger partial charge is 0.220 e. The highest BCUT2D eigenvalue weighted by atomic mass is 32.1. The molecule has 0 aromatic carbocycles. The van der Waals surface area contributed by atoms with Crippen LogP contribution in [0, 0.1) is 5.92 Å². The lowest BCUT2D eigenvalue weighted by Crippen LogP contribution is -2.28. The Labute approximate surface area is 143 Å². The zero-order valence-corrected chi connectivity index (χ0v) is 16.5. The lowest BCUT2D eigenvalue weighted by atomic mass is 10.1. The van der Waals surface area contributed by atoms with E-state index in [4.69, 9.17) is 9.53 Å². The number of amides is 1. The second kappa shape index (κ2) is 32.4. The van der Waals surface area contributed by atoms with Crippen molar-refractivity contribution in [2.75, 3.05) is 39.6 Å². The van der Waals surface area contributed by atoms with Crippen molar-refractivity contribution in [3.8, 4) is 0 Å². The number of aldehydes is 1. The fourth-order valence-electron chi connectivity index (χ4n) is 0.962. The van der Waals surface area contributed by atoms with Gasteiger partial charge in [-0.1, -0.05) is 34.1 Å². The highest BCUT2D eigenvalue weighted by Crippen LogP contribution is 2.04. The summed E-state index contributed by atoms with van der Waals surface area (Å²) in [5.74, 6) is 1.31. The minimum Gasteiger partial charge on any atom is -0.379 e. The van der Waals surface area contributed by atoms with Gasteiger partial charge in [0.25, 0.3) is 0 Å². The Balaban J connectivity index is -0.000000170. The van der Waals surface area contributed by atoms with Gasteiger partial charge in [0.1, 0.15) is 6.29 Å². The molecule has 136 valence electrons. The number of carbonyl (C=O) groups excluding carboxylic acids is 2. The highest BCUT2D eigenvalue weighted by molar-refractivity contribution is 7.80. The summed E-state index contributed by atoms with van der Waals surface area (Å²) in [7, 11) is 3.75. The second-order valence-electron chi connectivity index (χ2n) is 4.14. The summed E-state index contributed by atoms with van der Waals surface area (Å²) >= 11 is 4.01. The minimum absolute atomic E-state index is 0.119. The molecule has 0 aromatic heterocycles. The minimum atomic E-state index is 0.119. The normalized spacial score (nSPS) is 9.64. The molecule has 0 saturated carbocycles. The first-order valence-electron chi connectivity index (χ1n) is 7.97. The molecule has 22 heavy (non-hydrogen) atoms. The molecular formula is C16H38N2O3S. The molecule has 0 saturated heterocycles. The van der Waals surface area contributed by atoms with E-state index in [1.807, 2.05) is 27.9 Å². The summed E-state index contributed by atoms with van der Waals surface area (Å²) < 4.78 is 5.17. The fourth-order valence-corrected chi connectivity index (χ4v) is 1.09. The summed E-state index contributed by atoms with van der Waals surface area (Å²) in [6.07, 6.45) is 2.41. The third kappa shape index (κ3) is 42.7. The van der Waals surface area contributed by atoms with Gasteiger partial charge in [0.15, 0.2) is 0 Å². The Hall–Kier alpha value is -0.590. The van der Waals surface area contributed by atoms with Crippen LogP contribution in [0.15, 0.2) is 0 Å². The van der Waals surface area contributed by atoms with Gasteiger partial charge in [-0.05, 0) is 26.9 Å². The predicted molar refractivity (Wildman–Crippen MR) is 99.8 cm³/mol. The largest absolute Gasteiger partial charge is 0.379 e. The first kappa shape index (κ1) is 29.4. The number of hydrogen-bond acceptors (Lipinski definition) is 5. The van der Waals surface area contributed by atoms with Gasteiger partial charge in [0.05, 0.1) is 13.2 Å². The van der Waals surface area contributed by atoms with Gasteiger partial charge in [0, 0.05) is 18.7 Å². The first-order valence-corrected chi connectivity index (χ1v) is 8.60. The number of hydrogen-bond donors (Lipinski definition) is 3. The van der Waals surface area contributed by atoms with Crippen LogP contribution in [0.1, 0.15) is 47.5 Å². The summed E-state index contributed by atoms with van der Waals surface area (Å²) in [6, 6.07) is 0. The topological polar surface area (TPSA) is 67.4 Å². The first-order chi connectivity index (χ1) is 10.5. The molecule has 0 fully saturated rings. The zero-order chi connectivity index (χ0) is 18.2. The maximum absolute atomic E-state index is 11.3. The van der Waals surface area contributed by atoms with Crippen molar-refractivity contribution in [3.63, 3.8) is 0 Å². The molecule has 1 atom stereocenters. The standard InChI is InChI=1S/C10H21NO2S.C2H7N.C2H4O.C2H6/c1-3-9(2)8-10(12)11-4-5-13-6-7-14;1-3-2;1-2-3;1-2/h9,14H,3-8H2,1-2H3,(H,11,12);3H,1-2H3;2H,1H3;1-2H3. The van der Waals surface area contributed by atoms with E-state index in [2.05, 4.69) is 37.1 Å². The monoisotopic (exact) mass is 338 g/mol. The van der Waals surface area contributed by atoms with E-state index < -0.39 is 0 Å². The van der Waals surface area contributed by atoms with E-state index in [1.54, 1.807) is 0 Å². The van der Waals surface area contributed by atoms with E-state index >= 15 is 0 Å². The van der Waals surface area contributed by atoms with E-state index in [1.165, 1.54) is 6.92 Å². The Bertz CT molecular complexity index is 206. The highest BCUT2D eigenvalue weighted by Gasteiger charge is 2.05. The number of rotatable bonds is 8. The Morgan fingerprint density at radius 1 is 1.27 bits per heavy atom. The molecule has 0 aliphatic rings. The third-order valence-electron chi connectivity index (χ3n) is 2.03. The van der Waals surface area contributed by atoms with Crippen LogP contribution < -0.4 is 10.6 Å². The molecule has 0 heterocycles. The number of nitrogens with one attached hydrogen (secondary N) is 2. The number of carbonyl (C=O) groups is 2. The van der Waals surface area contributed by atoms with Crippen molar-refractivity contribution in [1.29, 1.82) is 0 Å². The van der Waals surface area contributed by atoms with Crippen molar-refractivity contribution < 1.29 is 14.3 Å². The lowest BCUT2D eigenvalue weighted by molar-refractivity contribution is -0.122. The van der Waals surface area contributed by atoms with E-state index in [9.17, 15) is 4.79 Å². The van der Waals surface area contributed by atoms with Crippen LogP contribution in [0.5, 0.6) is 0 Å². The van der Waals surface area contributed by atoms with E-state index in [0.717, 1.165) is 18.5 Å². The molecule has 0 aliphatic carbocycles. The predicted octanol–water partition coefficient (Wildman–Crippen LogP) is 2.55. The molecule has 1 amide bonds. The summed E-state index contributed by atoms with van der Waals surface area (Å²) in [4.78, 5) is 20.1. The molecule has 1 unspecified atom stereocenters. The van der Waals surface area contributed by atoms with E-state index in [-0.39, 0.29) is 5.91 Å². The molecule has 0 spiro atoms. The molecule has 5 nitrogen and oxygen atoms in total. The maximum atomic E-state index is 11.3. The van der Waals surface area contributed by atoms with Crippen molar-refractivity contribution in [1.82, 2.24) is 10.6 Å². The molecule has 0 aromatic rings. The average molecular weight is 339 g/mol. The maximum Gasteiger partial charge on any atom is 0.220 e. The Morgan fingerprint density at radius 2 is 1.73 bits per heavy atom. The van der Waals surface area contributed by atoms with Crippen LogP contribution in [0.3, 0.4) is 0 Å². The molecule has 0 rings (SSSR count). The Morgan fingerprint density at radius 3 is 2.09 bits per heavy atom. The summed E-state index contributed by atoms with van der Waals surface area (Å²) in [6.45, 7) is 11.4. The number of ether oxygens (including phenoxy) is 1. The van der Waals surface area contributed by atoms with Gasteiger partial charge in [-0.3, -0.25) is 4.79 Å². The van der Waals surface area contributed by atoms with Gasteiger partial charge in [-0.15, -0.1) is 0 Å². The molecule has 6 heteroatoms. The van der Waals surface area contributed by atoms with Gasteiger partial charge < -0.3 is 20.2 Å². The van der Waals surface area contributed by atoms with Gasteiger partial charge in [-0.25, -0.2) is 0 Å². The van der Waals surface area contributed by atoms with Crippen LogP contribution in [0.4, 0.5) is 0 Å². The van der Waals surface area contributed by atoms with Crippen molar-refractivity contribution in [2.45, 2.75) is 47.5 Å².